The maximum atomic E-state index is 13.0. The van der Waals surface area contributed by atoms with Crippen molar-refractivity contribution >= 4 is 17.6 Å². The molecule has 26 heavy (non-hydrogen) atoms. The van der Waals surface area contributed by atoms with Gasteiger partial charge in [-0.3, -0.25) is 14.5 Å². The summed E-state index contributed by atoms with van der Waals surface area (Å²) in [6.07, 6.45) is -2.15. The molecule has 0 aromatic heterocycles. The van der Waals surface area contributed by atoms with Gasteiger partial charge >= 0.3 is 12.3 Å². The number of likely N-dealkylation sites (tertiary alicyclic amines) is 1. The lowest BCUT2D eigenvalue weighted by molar-refractivity contribution is -0.286. The lowest BCUT2D eigenvalue weighted by Crippen LogP contribution is -2.43. The molecule has 2 aliphatic rings. The van der Waals surface area contributed by atoms with Gasteiger partial charge in [-0.05, 0) is 38.4 Å². The van der Waals surface area contributed by atoms with Crippen LogP contribution < -0.4 is 14.8 Å². The second-order valence-electron chi connectivity index (χ2n) is 6.20. The van der Waals surface area contributed by atoms with Crippen LogP contribution in [0, 0.1) is 5.92 Å². The fraction of sp³-hybridized carbons (Fsp3) is 0.529. The fourth-order valence-electron chi connectivity index (χ4n) is 3.08. The minimum atomic E-state index is -3.69. The topological polar surface area (TPSA) is 77.1 Å². The number of nitrogens with zero attached hydrogens (tertiary/aromatic N) is 1. The Bertz CT molecular complexity index is 698. The number of amides is 1. The van der Waals surface area contributed by atoms with E-state index in [4.69, 9.17) is 4.74 Å². The van der Waals surface area contributed by atoms with E-state index in [1.165, 1.54) is 18.2 Å². The molecule has 1 saturated heterocycles. The molecule has 1 aromatic rings. The van der Waals surface area contributed by atoms with E-state index in [2.05, 4.69) is 14.8 Å². The number of rotatable bonds is 5. The third-order valence-electron chi connectivity index (χ3n) is 4.18. The van der Waals surface area contributed by atoms with Crippen LogP contribution in [0.2, 0.25) is 0 Å². The van der Waals surface area contributed by atoms with Crippen molar-refractivity contribution in [2.45, 2.75) is 26.1 Å². The Balaban J connectivity index is 1.54. The molecule has 1 fully saturated rings. The Morgan fingerprint density at radius 2 is 2.12 bits per heavy atom. The molecule has 1 atom stereocenters. The van der Waals surface area contributed by atoms with Gasteiger partial charge in [-0.1, -0.05) is 0 Å². The monoisotopic (exact) mass is 370 g/mol. The van der Waals surface area contributed by atoms with Crippen LogP contribution in [-0.4, -0.2) is 49.3 Å². The van der Waals surface area contributed by atoms with Crippen LogP contribution in [-0.2, 0) is 14.3 Å². The SMILES string of the molecule is CCOC(=O)[C@@H]1CCCN(CC(=O)Nc2ccc3c(c2)OC(F)(F)O3)C1. The van der Waals surface area contributed by atoms with Gasteiger partial charge in [0.1, 0.15) is 0 Å². The number of piperidine rings is 1. The van der Waals surface area contributed by atoms with E-state index in [0.717, 1.165) is 12.8 Å². The van der Waals surface area contributed by atoms with Crippen molar-refractivity contribution in [2.24, 2.45) is 5.92 Å². The predicted molar refractivity (Wildman–Crippen MR) is 87.1 cm³/mol. The zero-order chi connectivity index (χ0) is 18.7. The Kier molecular flexibility index (Phi) is 5.26. The summed E-state index contributed by atoms with van der Waals surface area (Å²) in [5, 5.41) is 2.64. The highest BCUT2D eigenvalue weighted by Crippen LogP contribution is 2.42. The van der Waals surface area contributed by atoms with E-state index in [1.807, 2.05) is 4.90 Å². The molecule has 0 bridgehead atoms. The van der Waals surface area contributed by atoms with Gasteiger partial charge in [0.15, 0.2) is 11.5 Å². The molecular weight excluding hydrogens is 350 g/mol. The van der Waals surface area contributed by atoms with Crippen LogP contribution in [0.4, 0.5) is 14.5 Å². The lowest BCUT2D eigenvalue weighted by atomic mass is 9.98. The summed E-state index contributed by atoms with van der Waals surface area (Å²) in [5.41, 5.74) is 0.328. The Hall–Kier alpha value is -2.42. The molecular formula is C17H20F2N2O5. The highest BCUT2D eigenvalue weighted by molar-refractivity contribution is 5.92. The zero-order valence-electron chi connectivity index (χ0n) is 14.3. The Labute approximate surface area is 149 Å². The number of carbonyl (C=O) groups excluding carboxylic acids is 2. The largest absolute Gasteiger partial charge is 0.586 e. The van der Waals surface area contributed by atoms with Gasteiger partial charge < -0.3 is 19.5 Å². The van der Waals surface area contributed by atoms with Crippen LogP contribution in [0.1, 0.15) is 19.8 Å². The highest BCUT2D eigenvalue weighted by atomic mass is 19.3. The number of alkyl halides is 2. The second kappa shape index (κ2) is 7.45. The van der Waals surface area contributed by atoms with Crippen LogP contribution in [0.15, 0.2) is 18.2 Å². The van der Waals surface area contributed by atoms with Crippen molar-refractivity contribution in [2.75, 3.05) is 31.6 Å². The van der Waals surface area contributed by atoms with Crippen LogP contribution in [0.5, 0.6) is 11.5 Å². The Morgan fingerprint density at radius 3 is 2.88 bits per heavy atom. The van der Waals surface area contributed by atoms with Crippen molar-refractivity contribution < 1.29 is 32.6 Å². The number of hydrogen-bond donors (Lipinski definition) is 1. The number of nitrogens with one attached hydrogen (secondary N) is 1. The van der Waals surface area contributed by atoms with E-state index in [9.17, 15) is 18.4 Å². The fourth-order valence-corrected chi connectivity index (χ4v) is 3.08. The Morgan fingerprint density at radius 1 is 1.35 bits per heavy atom. The summed E-state index contributed by atoms with van der Waals surface area (Å²) in [6, 6.07) is 4.05. The van der Waals surface area contributed by atoms with Gasteiger partial charge in [0.25, 0.3) is 0 Å². The number of benzene rings is 1. The van der Waals surface area contributed by atoms with Crippen LogP contribution >= 0.6 is 0 Å². The quantitative estimate of drug-likeness (QED) is 0.801. The third-order valence-corrected chi connectivity index (χ3v) is 4.18. The second-order valence-corrected chi connectivity index (χ2v) is 6.20. The summed E-state index contributed by atoms with van der Waals surface area (Å²) in [4.78, 5) is 25.9. The lowest BCUT2D eigenvalue weighted by Gasteiger charge is -2.30. The highest BCUT2D eigenvalue weighted by Gasteiger charge is 2.43. The normalized spacial score (nSPS) is 21.3. The molecule has 2 heterocycles. The van der Waals surface area contributed by atoms with E-state index in [0.29, 0.717) is 25.4 Å². The number of fused-ring (bicyclic) bond motifs is 1. The van der Waals surface area contributed by atoms with Crippen LogP contribution in [0.25, 0.3) is 0 Å². The molecule has 0 aliphatic carbocycles. The van der Waals surface area contributed by atoms with Gasteiger partial charge in [-0.15, -0.1) is 8.78 Å². The molecule has 1 N–H and O–H groups in total. The first-order valence-electron chi connectivity index (χ1n) is 8.45. The van der Waals surface area contributed by atoms with E-state index in [1.54, 1.807) is 6.92 Å². The van der Waals surface area contributed by atoms with Crippen molar-refractivity contribution in [1.29, 1.82) is 0 Å². The molecule has 1 aromatic carbocycles. The van der Waals surface area contributed by atoms with Gasteiger partial charge in [0, 0.05) is 18.3 Å². The summed E-state index contributed by atoms with van der Waals surface area (Å²) >= 11 is 0. The molecule has 9 heteroatoms. The molecule has 142 valence electrons. The van der Waals surface area contributed by atoms with E-state index >= 15 is 0 Å². The number of halogens is 2. The molecule has 1 amide bonds. The summed E-state index contributed by atoms with van der Waals surface area (Å²) in [5.74, 6) is -0.992. The average molecular weight is 370 g/mol. The summed E-state index contributed by atoms with van der Waals surface area (Å²) < 4.78 is 39.7. The molecule has 0 saturated carbocycles. The summed E-state index contributed by atoms with van der Waals surface area (Å²) in [6.45, 7) is 3.35. The average Bonchev–Trinajstić information content (AvgIpc) is 2.88. The first-order chi connectivity index (χ1) is 12.4. The predicted octanol–water partition coefficient (Wildman–Crippen LogP) is 2.22. The maximum Gasteiger partial charge on any atom is 0.586 e. The van der Waals surface area contributed by atoms with Crippen molar-refractivity contribution in [3.8, 4) is 11.5 Å². The molecule has 0 spiro atoms. The number of hydrogen-bond acceptors (Lipinski definition) is 6. The minimum Gasteiger partial charge on any atom is -0.466 e. The van der Waals surface area contributed by atoms with Crippen molar-refractivity contribution in [3.63, 3.8) is 0 Å². The zero-order valence-corrected chi connectivity index (χ0v) is 14.3. The van der Waals surface area contributed by atoms with Crippen molar-refractivity contribution in [1.82, 2.24) is 4.90 Å². The van der Waals surface area contributed by atoms with Gasteiger partial charge in [-0.2, -0.15) is 0 Å². The minimum absolute atomic E-state index is 0.0821. The standard InChI is InChI=1S/C17H20F2N2O5/c1-2-24-16(23)11-4-3-7-21(9-11)10-15(22)20-12-5-6-13-14(8-12)26-17(18,19)25-13/h5-6,8,11H,2-4,7,9-10H2,1H3,(H,20,22)/t11-/m1/s1. The van der Waals surface area contributed by atoms with E-state index in [-0.39, 0.29) is 35.8 Å². The van der Waals surface area contributed by atoms with Gasteiger partial charge in [0.05, 0.1) is 19.1 Å². The van der Waals surface area contributed by atoms with Crippen LogP contribution in [0.3, 0.4) is 0 Å². The molecule has 2 aliphatic heterocycles. The van der Waals surface area contributed by atoms with Gasteiger partial charge in [-0.25, -0.2) is 0 Å². The molecule has 0 unspecified atom stereocenters. The smallest absolute Gasteiger partial charge is 0.466 e. The number of ether oxygens (including phenoxy) is 3. The molecule has 3 rings (SSSR count). The first-order valence-corrected chi connectivity index (χ1v) is 8.45. The number of carbonyl (C=O) groups is 2. The summed E-state index contributed by atoms with van der Waals surface area (Å²) in [7, 11) is 0. The van der Waals surface area contributed by atoms with Crippen molar-refractivity contribution in [3.05, 3.63) is 18.2 Å². The van der Waals surface area contributed by atoms with Gasteiger partial charge in [0.2, 0.25) is 5.91 Å². The molecule has 7 nitrogen and oxygen atoms in total. The third kappa shape index (κ3) is 4.40. The maximum absolute atomic E-state index is 13.0. The number of anilines is 1. The van der Waals surface area contributed by atoms with E-state index < -0.39 is 6.29 Å². The number of esters is 1. The molecule has 0 radical (unpaired) electrons. The first kappa shape index (κ1) is 18.4.